The molecule has 1 N–H and O–H groups in total. The molecule has 1 heterocycles. The zero-order valence-electron chi connectivity index (χ0n) is 27.1. The van der Waals surface area contributed by atoms with Crippen molar-refractivity contribution in [2.45, 2.75) is 77.2 Å². The molecular weight excluding hydrogens is 570 g/mol. The van der Waals surface area contributed by atoms with Gasteiger partial charge in [-0.05, 0) is 30.7 Å². The van der Waals surface area contributed by atoms with E-state index in [2.05, 4.69) is 5.32 Å². The van der Waals surface area contributed by atoms with Crippen LogP contribution >= 0.6 is 0 Å². The highest BCUT2D eigenvalue weighted by atomic mass is 16.6. The smallest absolute Gasteiger partial charge is 0.269 e. The molecule has 4 amide bonds. The molecule has 13 heteroatoms. The Hall–Kier alpha value is -3.58. The number of nitro groups is 1. The van der Waals surface area contributed by atoms with Gasteiger partial charge in [0.1, 0.15) is 0 Å². The topological polar surface area (TPSA) is 152 Å². The molecule has 0 aliphatic carbocycles. The molecule has 1 aromatic carbocycles. The summed E-state index contributed by atoms with van der Waals surface area (Å²) >= 11 is 0. The van der Waals surface area contributed by atoms with Gasteiger partial charge in [0, 0.05) is 53.5 Å². The van der Waals surface area contributed by atoms with Gasteiger partial charge in [-0.15, -0.1) is 0 Å². The second-order valence-electron chi connectivity index (χ2n) is 11.6. The number of nitrogens with one attached hydrogen (secondary N) is 1. The SMILES string of the molecule is CCC(C)C(C(CC(=O)N1CCCC1C(OC)C(C)C(=O)N(C)CCc1cccc([N+](=O)[O-])c1)OC)N(C)C(=O)CNC=O. The van der Waals surface area contributed by atoms with Crippen LogP contribution in [0.25, 0.3) is 0 Å². The van der Waals surface area contributed by atoms with Crippen molar-refractivity contribution >= 4 is 29.8 Å². The highest BCUT2D eigenvalue weighted by molar-refractivity contribution is 5.81. The second kappa shape index (κ2) is 17.6. The summed E-state index contributed by atoms with van der Waals surface area (Å²) in [6.07, 6.45) is 2.06. The summed E-state index contributed by atoms with van der Waals surface area (Å²) in [6, 6.07) is 5.66. The zero-order valence-corrected chi connectivity index (χ0v) is 27.1. The van der Waals surface area contributed by atoms with Gasteiger partial charge in [0.2, 0.25) is 24.1 Å². The lowest BCUT2D eigenvalue weighted by molar-refractivity contribution is -0.384. The summed E-state index contributed by atoms with van der Waals surface area (Å²) in [5.74, 6) is -1.09. The summed E-state index contributed by atoms with van der Waals surface area (Å²) in [4.78, 5) is 66.3. The minimum absolute atomic E-state index is 0.00891. The summed E-state index contributed by atoms with van der Waals surface area (Å²) in [5.41, 5.74) is 0.771. The van der Waals surface area contributed by atoms with Crippen LogP contribution in [0.2, 0.25) is 0 Å². The number of carbonyl (C=O) groups excluding carboxylic acids is 4. The number of benzene rings is 1. The Morgan fingerprint density at radius 3 is 2.50 bits per heavy atom. The first-order chi connectivity index (χ1) is 20.9. The van der Waals surface area contributed by atoms with Crippen molar-refractivity contribution in [2.75, 3.05) is 47.9 Å². The fourth-order valence-corrected chi connectivity index (χ4v) is 6.15. The molecule has 2 rings (SSSR count). The van der Waals surface area contributed by atoms with E-state index in [9.17, 15) is 29.3 Å². The normalized spacial score (nSPS) is 18.1. The second-order valence-corrected chi connectivity index (χ2v) is 11.6. The monoisotopic (exact) mass is 619 g/mol. The molecule has 246 valence electrons. The van der Waals surface area contributed by atoms with Crippen LogP contribution in [0, 0.1) is 22.0 Å². The number of hydrogen-bond acceptors (Lipinski definition) is 8. The molecule has 1 aromatic rings. The number of nitrogens with zero attached hydrogens (tertiary/aromatic N) is 4. The molecule has 1 aliphatic rings. The highest BCUT2D eigenvalue weighted by Crippen LogP contribution is 2.29. The predicted octanol–water partition coefficient (Wildman–Crippen LogP) is 2.26. The molecule has 0 radical (unpaired) electrons. The van der Waals surface area contributed by atoms with Gasteiger partial charge in [-0.1, -0.05) is 39.3 Å². The van der Waals surface area contributed by atoms with Gasteiger partial charge >= 0.3 is 0 Å². The number of rotatable bonds is 18. The van der Waals surface area contributed by atoms with Crippen LogP contribution in [0.4, 0.5) is 5.69 Å². The van der Waals surface area contributed by atoms with E-state index in [0.29, 0.717) is 32.3 Å². The van der Waals surface area contributed by atoms with Gasteiger partial charge in [0.05, 0.1) is 48.1 Å². The Morgan fingerprint density at radius 2 is 1.91 bits per heavy atom. The van der Waals surface area contributed by atoms with Crippen LogP contribution in [0.1, 0.15) is 52.0 Å². The third-order valence-corrected chi connectivity index (χ3v) is 8.85. The first kappa shape index (κ1) is 36.6. The molecule has 13 nitrogen and oxygen atoms in total. The largest absolute Gasteiger partial charge is 0.379 e. The number of amides is 4. The summed E-state index contributed by atoms with van der Waals surface area (Å²) in [7, 11) is 6.42. The van der Waals surface area contributed by atoms with Gasteiger partial charge in [-0.2, -0.15) is 0 Å². The van der Waals surface area contributed by atoms with Crippen molar-refractivity contribution in [3.05, 3.63) is 39.9 Å². The quantitative estimate of drug-likeness (QED) is 0.149. The first-order valence-electron chi connectivity index (χ1n) is 15.2. The van der Waals surface area contributed by atoms with Crippen LogP contribution in [0.3, 0.4) is 0 Å². The van der Waals surface area contributed by atoms with Crippen molar-refractivity contribution in [3.8, 4) is 0 Å². The Bertz CT molecular complexity index is 1130. The van der Waals surface area contributed by atoms with Crippen LogP contribution < -0.4 is 5.32 Å². The number of methoxy groups -OCH3 is 2. The predicted molar refractivity (Wildman–Crippen MR) is 165 cm³/mol. The molecule has 0 spiro atoms. The number of nitro benzene ring substituents is 1. The molecule has 44 heavy (non-hydrogen) atoms. The Kier molecular flexibility index (Phi) is 14.7. The van der Waals surface area contributed by atoms with E-state index in [1.54, 1.807) is 55.0 Å². The van der Waals surface area contributed by atoms with Crippen molar-refractivity contribution in [1.29, 1.82) is 0 Å². The van der Waals surface area contributed by atoms with Crippen molar-refractivity contribution in [1.82, 2.24) is 20.0 Å². The average Bonchev–Trinajstić information content (AvgIpc) is 3.51. The number of non-ortho nitro benzene ring substituents is 1. The molecule has 0 bridgehead atoms. The molecule has 6 atom stereocenters. The van der Waals surface area contributed by atoms with E-state index in [1.165, 1.54) is 19.2 Å². The van der Waals surface area contributed by atoms with Crippen LogP contribution in [0.5, 0.6) is 0 Å². The first-order valence-corrected chi connectivity index (χ1v) is 15.2. The van der Waals surface area contributed by atoms with Gasteiger partial charge in [0.25, 0.3) is 5.69 Å². The molecule has 6 unspecified atom stereocenters. The fourth-order valence-electron chi connectivity index (χ4n) is 6.15. The van der Waals surface area contributed by atoms with Crippen molar-refractivity contribution in [2.24, 2.45) is 11.8 Å². The summed E-state index contributed by atoms with van der Waals surface area (Å²) in [5, 5.41) is 13.5. The minimum atomic E-state index is -0.580. The lowest BCUT2D eigenvalue weighted by Crippen LogP contribution is -2.54. The van der Waals surface area contributed by atoms with E-state index in [1.807, 2.05) is 13.8 Å². The van der Waals surface area contributed by atoms with Crippen molar-refractivity contribution < 1.29 is 33.6 Å². The lowest BCUT2D eigenvalue weighted by Gasteiger charge is -2.39. The molecule has 1 saturated heterocycles. The summed E-state index contributed by atoms with van der Waals surface area (Å²) in [6.45, 7) is 6.55. The molecule has 0 aromatic heterocycles. The molecule has 0 saturated carbocycles. The third kappa shape index (κ3) is 9.46. The maximum atomic E-state index is 13.8. The number of likely N-dealkylation sites (N-methyl/N-ethyl adjacent to an activating group) is 2. The van der Waals surface area contributed by atoms with Gasteiger partial charge in [0.15, 0.2) is 0 Å². The fraction of sp³-hybridized carbons (Fsp3) is 0.677. The molecule has 1 aliphatic heterocycles. The molecule has 1 fully saturated rings. The number of hydrogen-bond donors (Lipinski definition) is 1. The lowest BCUT2D eigenvalue weighted by atomic mass is 9.90. The number of carbonyl (C=O) groups is 4. The standard InChI is InChI=1S/C31H49N5O8/c1-8-21(2)29(34(5)28(39)19-32-20-37)26(43-6)18-27(38)35-15-10-13-25(35)30(44-7)22(3)31(40)33(4)16-14-23-11-9-12-24(17-23)36(41)42/h9,11-12,17,20-22,25-26,29-30H,8,10,13-16,18-19H2,1-7H3,(H,32,37). The van der Waals surface area contributed by atoms with Gasteiger partial charge in [-0.25, -0.2) is 0 Å². The van der Waals surface area contributed by atoms with E-state index in [-0.39, 0.29) is 48.3 Å². The average molecular weight is 620 g/mol. The summed E-state index contributed by atoms with van der Waals surface area (Å²) < 4.78 is 11.7. The van der Waals surface area contributed by atoms with Crippen LogP contribution in [-0.2, 0) is 35.1 Å². The Balaban J connectivity index is 2.13. The Labute approximate surface area is 260 Å². The van der Waals surface area contributed by atoms with Crippen LogP contribution in [-0.4, -0.2) is 116 Å². The van der Waals surface area contributed by atoms with E-state index < -0.39 is 29.1 Å². The van der Waals surface area contributed by atoms with Gasteiger partial charge < -0.3 is 29.5 Å². The number of likely N-dealkylation sites (tertiary alicyclic amines) is 1. The van der Waals surface area contributed by atoms with Crippen molar-refractivity contribution in [3.63, 3.8) is 0 Å². The van der Waals surface area contributed by atoms with Crippen LogP contribution in [0.15, 0.2) is 24.3 Å². The maximum absolute atomic E-state index is 13.8. The van der Waals surface area contributed by atoms with Gasteiger partial charge in [-0.3, -0.25) is 29.3 Å². The number of ether oxygens (including phenoxy) is 2. The van der Waals surface area contributed by atoms with E-state index in [4.69, 9.17) is 9.47 Å². The molecular formula is C31H49N5O8. The Morgan fingerprint density at radius 1 is 1.20 bits per heavy atom. The highest BCUT2D eigenvalue weighted by Gasteiger charge is 2.42. The maximum Gasteiger partial charge on any atom is 0.269 e. The minimum Gasteiger partial charge on any atom is -0.379 e. The third-order valence-electron chi connectivity index (χ3n) is 8.85. The van der Waals surface area contributed by atoms with E-state index >= 15 is 0 Å². The zero-order chi connectivity index (χ0) is 33.0. The van der Waals surface area contributed by atoms with E-state index in [0.717, 1.165) is 18.4 Å².